The smallest absolute Gasteiger partial charge is 0.231 e. The lowest BCUT2D eigenvalue weighted by molar-refractivity contribution is -0.131. The van der Waals surface area contributed by atoms with Crippen LogP contribution in [0.5, 0.6) is 0 Å². The van der Waals surface area contributed by atoms with Crippen LogP contribution < -0.4 is 5.32 Å². The minimum absolute atomic E-state index is 0.0789. The maximum atomic E-state index is 13.8. The summed E-state index contributed by atoms with van der Waals surface area (Å²) in [6, 6.07) is 18.1. The highest BCUT2D eigenvalue weighted by molar-refractivity contribution is 7.98. The molecule has 1 aromatic heterocycles. The summed E-state index contributed by atoms with van der Waals surface area (Å²) in [5.74, 6) is 1.94. The molecule has 158 valence electrons. The van der Waals surface area contributed by atoms with Crippen LogP contribution >= 0.6 is 11.8 Å². The zero-order chi connectivity index (χ0) is 21.0. The number of thioether (sulfide) groups is 1. The molecule has 4 rings (SSSR count). The topological polar surface area (TPSA) is 56.1 Å². The van der Waals surface area contributed by atoms with Crippen molar-refractivity contribution in [2.75, 3.05) is 25.2 Å². The van der Waals surface area contributed by atoms with E-state index in [0.717, 1.165) is 34.6 Å². The number of nitrogens with zero attached hydrogens (tertiary/aromatic N) is 2. The summed E-state index contributed by atoms with van der Waals surface area (Å²) in [5.41, 5.74) is 2.56. The summed E-state index contributed by atoms with van der Waals surface area (Å²) in [7, 11) is 2.03. The van der Waals surface area contributed by atoms with Crippen LogP contribution in [0, 0.1) is 0 Å². The number of imidazole rings is 1. The predicted molar refractivity (Wildman–Crippen MR) is 123 cm³/mol. The molecule has 1 aliphatic rings. The monoisotopic (exact) mass is 423 g/mol. The fourth-order valence-electron chi connectivity index (χ4n) is 4.40. The summed E-state index contributed by atoms with van der Waals surface area (Å²) in [6.07, 6.45) is 4.32. The Hall–Kier alpha value is -2.31. The SMILES string of the molecule is CSCC[C@H](NC(=O)C1(c2ccccc2)CCOCC1)c1nc2ccccc2n1C. The van der Waals surface area contributed by atoms with Gasteiger partial charge in [-0.25, -0.2) is 4.98 Å². The van der Waals surface area contributed by atoms with Crippen LogP contribution in [0.25, 0.3) is 11.0 Å². The van der Waals surface area contributed by atoms with Crippen molar-refractivity contribution in [2.45, 2.75) is 30.7 Å². The minimum Gasteiger partial charge on any atom is -0.381 e. The van der Waals surface area contributed by atoms with E-state index in [1.54, 1.807) is 11.8 Å². The third kappa shape index (κ3) is 3.98. The van der Waals surface area contributed by atoms with E-state index in [2.05, 4.69) is 34.3 Å². The van der Waals surface area contributed by atoms with E-state index >= 15 is 0 Å². The second-order valence-electron chi connectivity index (χ2n) is 7.89. The van der Waals surface area contributed by atoms with Gasteiger partial charge in [0, 0.05) is 20.3 Å². The second kappa shape index (κ2) is 9.23. The van der Waals surface area contributed by atoms with Crippen LogP contribution in [0.15, 0.2) is 54.6 Å². The second-order valence-corrected chi connectivity index (χ2v) is 8.87. The molecule has 1 N–H and O–H groups in total. The first-order chi connectivity index (χ1) is 14.7. The Morgan fingerprint density at radius 1 is 1.17 bits per heavy atom. The number of hydrogen-bond acceptors (Lipinski definition) is 4. The van der Waals surface area contributed by atoms with Gasteiger partial charge in [-0.05, 0) is 49.0 Å². The molecule has 0 radical (unpaired) electrons. The van der Waals surface area contributed by atoms with E-state index in [0.29, 0.717) is 26.1 Å². The third-order valence-electron chi connectivity index (χ3n) is 6.16. The van der Waals surface area contributed by atoms with Crippen LogP contribution in [0.4, 0.5) is 0 Å². The number of aromatic nitrogens is 2. The zero-order valence-electron chi connectivity index (χ0n) is 17.6. The van der Waals surface area contributed by atoms with E-state index in [9.17, 15) is 4.79 Å². The Bertz CT molecular complexity index is 996. The lowest BCUT2D eigenvalue weighted by Gasteiger charge is -2.37. The van der Waals surface area contributed by atoms with Gasteiger partial charge in [0.2, 0.25) is 5.91 Å². The van der Waals surface area contributed by atoms with Crippen molar-refractivity contribution in [1.82, 2.24) is 14.9 Å². The molecule has 0 unspecified atom stereocenters. The molecule has 1 aliphatic heterocycles. The number of para-hydroxylation sites is 2. The molecular formula is C24H29N3O2S. The number of rotatable bonds is 7. The number of amides is 1. The Balaban J connectivity index is 1.68. The average molecular weight is 424 g/mol. The quantitative estimate of drug-likeness (QED) is 0.618. The number of carbonyl (C=O) groups excluding carboxylic acids is 1. The first-order valence-electron chi connectivity index (χ1n) is 10.5. The highest BCUT2D eigenvalue weighted by Crippen LogP contribution is 2.36. The first-order valence-corrected chi connectivity index (χ1v) is 11.9. The third-order valence-corrected chi connectivity index (χ3v) is 6.80. The number of fused-ring (bicyclic) bond motifs is 1. The number of carbonyl (C=O) groups is 1. The van der Waals surface area contributed by atoms with Gasteiger partial charge in [0.05, 0.1) is 22.5 Å². The van der Waals surface area contributed by atoms with Gasteiger partial charge in [-0.15, -0.1) is 0 Å². The molecule has 2 aromatic carbocycles. The van der Waals surface area contributed by atoms with E-state index in [1.807, 2.05) is 43.4 Å². The fourth-order valence-corrected chi connectivity index (χ4v) is 4.87. The molecule has 3 aromatic rings. The van der Waals surface area contributed by atoms with Gasteiger partial charge in [-0.3, -0.25) is 4.79 Å². The molecule has 1 atom stereocenters. The van der Waals surface area contributed by atoms with Gasteiger partial charge in [0.15, 0.2) is 0 Å². The molecule has 0 saturated carbocycles. The van der Waals surface area contributed by atoms with Crippen LogP contribution in [-0.4, -0.2) is 40.7 Å². The summed E-state index contributed by atoms with van der Waals surface area (Å²) >= 11 is 1.79. The summed E-state index contributed by atoms with van der Waals surface area (Å²) < 4.78 is 7.72. The number of hydrogen-bond donors (Lipinski definition) is 1. The molecule has 1 amide bonds. The van der Waals surface area contributed by atoms with Crippen LogP contribution in [0.1, 0.15) is 36.7 Å². The molecule has 0 spiro atoms. The van der Waals surface area contributed by atoms with Gasteiger partial charge in [0.25, 0.3) is 0 Å². The van der Waals surface area contributed by atoms with Crippen molar-refractivity contribution in [3.05, 3.63) is 66.0 Å². The average Bonchev–Trinajstić information content (AvgIpc) is 3.14. The van der Waals surface area contributed by atoms with E-state index < -0.39 is 5.41 Å². The molecule has 5 nitrogen and oxygen atoms in total. The van der Waals surface area contributed by atoms with Crippen LogP contribution in [-0.2, 0) is 22.0 Å². The van der Waals surface area contributed by atoms with E-state index in [-0.39, 0.29) is 11.9 Å². The van der Waals surface area contributed by atoms with Crippen molar-refractivity contribution < 1.29 is 9.53 Å². The van der Waals surface area contributed by atoms with E-state index in [1.165, 1.54) is 0 Å². The molecule has 6 heteroatoms. The molecule has 2 heterocycles. The highest BCUT2D eigenvalue weighted by atomic mass is 32.2. The Kier molecular flexibility index (Phi) is 6.44. The predicted octanol–water partition coefficient (Wildman–Crippen LogP) is 4.23. The van der Waals surface area contributed by atoms with Gasteiger partial charge in [-0.2, -0.15) is 11.8 Å². The van der Waals surface area contributed by atoms with Crippen molar-refractivity contribution in [2.24, 2.45) is 7.05 Å². The molecule has 1 saturated heterocycles. The number of nitrogens with one attached hydrogen (secondary N) is 1. The number of aryl methyl sites for hydroxylation is 1. The lowest BCUT2D eigenvalue weighted by Crippen LogP contribution is -2.49. The largest absolute Gasteiger partial charge is 0.381 e. The van der Waals surface area contributed by atoms with Crippen molar-refractivity contribution >= 4 is 28.7 Å². The van der Waals surface area contributed by atoms with Crippen molar-refractivity contribution in [3.8, 4) is 0 Å². The van der Waals surface area contributed by atoms with Crippen LogP contribution in [0.3, 0.4) is 0 Å². The van der Waals surface area contributed by atoms with Gasteiger partial charge >= 0.3 is 0 Å². The summed E-state index contributed by atoms with van der Waals surface area (Å²) in [4.78, 5) is 18.7. The number of benzene rings is 2. The Morgan fingerprint density at radius 3 is 2.57 bits per heavy atom. The zero-order valence-corrected chi connectivity index (χ0v) is 18.5. The molecule has 1 fully saturated rings. The normalized spacial score (nSPS) is 17.0. The first kappa shape index (κ1) is 20.9. The highest BCUT2D eigenvalue weighted by Gasteiger charge is 2.42. The summed E-state index contributed by atoms with van der Waals surface area (Å²) in [6.45, 7) is 1.20. The summed E-state index contributed by atoms with van der Waals surface area (Å²) in [5, 5.41) is 3.39. The van der Waals surface area contributed by atoms with Gasteiger partial charge < -0.3 is 14.6 Å². The van der Waals surface area contributed by atoms with Crippen LogP contribution in [0.2, 0.25) is 0 Å². The fraction of sp³-hybridized carbons (Fsp3) is 0.417. The van der Waals surface area contributed by atoms with Gasteiger partial charge in [-0.1, -0.05) is 42.5 Å². The van der Waals surface area contributed by atoms with E-state index in [4.69, 9.17) is 9.72 Å². The van der Waals surface area contributed by atoms with Crippen molar-refractivity contribution in [3.63, 3.8) is 0 Å². The molecule has 0 aliphatic carbocycles. The minimum atomic E-state index is -0.554. The maximum absolute atomic E-state index is 13.8. The van der Waals surface area contributed by atoms with Gasteiger partial charge in [0.1, 0.15) is 5.82 Å². The maximum Gasteiger partial charge on any atom is 0.231 e. The molecule has 0 bridgehead atoms. The van der Waals surface area contributed by atoms with Crippen molar-refractivity contribution in [1.29, 1.82) is 0 Å². The standard InChI is InChI=1S/C24H29N3O2S/c1-27-21-11-7-6-10-19(21)25-22(27)20(12-17-30-2)26-23(28)24(13-15-29-16-14-24)18-8-4-3-5-9-18/h3-11,20H,12-17H2,1-2H3,(H,26,28)/t20-/m0/s1. The Labute approximate surface area is 182 Å². The lowest BCUT2D eigenvalue weighted by atomic mass is 9.73. The molecular weight excluding hydrogens is 394 g/mol. The number of ether oxygens (including phenoxy) is 1. The Morgan fingerprint density at radius 2 is 1.87 bits per heavy atom. The molecule has 30 heavy (non-hydrogen) atoms.